The van der Waals surface area contributed by atoms with Gasteiger partial charge in [-0.3, -0.25) is 0 Å². The molecule has 0 aliphatic carbocycles. The van der Waals surface area contributed by atoms with E-state index in [1.54, 1.807) is 18.2 Å². The first-order valence-corrected chi connectivity index (χ1v) is 9.10. The van der Waals surface area contributed by atoms with Gasteiger partial charge in [-0.2, -0.15) is 0 Å². The number of sulfonamides is 1. The molecule has 0 unspecified atom stereocenters. The smallest absolute Gasteiger partial charge is 0.225 e. The molecule has 114 valence electrons. The number of halogens is 1. The molecule has 0 saturated heterocycles. The first-order chi connectivity index (χ1) is 9.95. The standard InChI is InChI=1S/C16H20ClNO2S/c1-2-3-4-5-7-12-10-11-13-14(8-6-9-15(13)17)16(12)21(18,19)20/h6,8-11H,2-5,7H2,1H3,(H2,18,19,20). The zero-order chi connectivity index (χ0) is 15.5. The molecule has 0 radical (unpaired) electrons. The summed E-state index contributed by atoms with van der Waals surface area (Å²) in [6.07, 6.45) is 5.07. The van der Waals surface area contributed by atoms with E-state index < -0.39 is 10.0 Å². The summed E-state index contributed by atoms with van der Waals surface area (Å²) in [4.78, 5) is 0.221. The highest BCUT2D eigenvalue weighted by molar-refractivity contribution is 7.89. The van der Waals surface area contributed by atoms with Gasteiger partial charge in [0.1, 0.15) is 0 Å². The van der Waals surface area contributed by atoms with E-state index in [-0.39, 0.29) is 4.90 Å². The Morgan fingerprint density at radius 3 is 2.48 bits per heavy atom. The first-order valence-electron chi connectivity index (χ1n) is 7.18. The second kappa shape index (κ2) is 6.77. The molecule has 0 heterocycles. The predicted molar refractivity (Wildman–Crippen MR) is 88.2 cm³/mol. The third-order valence-electron chi connectivity index (χ3n) is 3.62. The molecule has 0 aromatic heterocycles. The van der Waals surface area contributed by atoms with Crippen molar-refractivity contribution >= 4 is 32.4 Å². The number of fused-ring (bicyclic) bond motifs is 1. The molecule has 0 aliphatic rings. The fourth-order valence-electron chi connectivity index (χ4n) is 2.61. The van der Waals surface area contributed by atoms with Crippen LogP contribution in [0, 0.1) is 0 Å². The van der Waals surface area contributed by atoms with Crippen molar-refractivity contribution in [2.45, 2.75) is 43.9 Å². The minimum absolute atomic E-state index is 0.221. The van der Waals surface area contributed by atoms with E-state index in [0.29, 0.717) is 16.8 Å². The van der Waals surface area contributed by atoms with Crippen molar-refractivity contribution < 1.29 is 8.42 Å². The third-order valence-corrected chi connectivity index (χ3v) is 5.01. The zero-order valence-corrected chi connectivity index (χ0v) is 13.7. The van der Waals surface area contributed by atoms with E-state index >= 15 is 0 Å². The Bertz CT molecular complexity index is 741. The Labute approximate surface area is 131 Å². The van der Waals surface area contributed by atoms with Gasteiger partial charge in [-0.05, 0) is 24.5 Å². The lowest BCUT2D eigenvalue weighted by Gasteiger charge is -2.12. The van der Waals surface area contributed by atoms with Crippen molar-refractivity contribution in [3.8, 4) is 0 Å². The van der Waals surface area contributed by atoms with Gasteiger partial charge >= 0.3 is 0 Å². The molecule has 0 spiro atoms. The van der Waals surface area contributed by atoms with Gasteiger partial charge in [0.2, 0.25) is 10.0 Å². The number of hydrogen-bond acceptors (Lipinski definition) is 2. The maximum absolute atomic E-state index is 12.0. The zero-order valence-electron chi connectivity index (χ0n) is 12.1. The van der Waals surface area contributed by atoms with Gasteiger partial charge in [-0.1, -0.05) is 62.1 Å². The van der Waals surface area contributed by atoms with E-state index in [1.807, 2.05) is 12.1 Å². The van der Waals surface area contributed by atoms with Gasteiger partial charge in [-0.15, -0.1) is 0 Å². The second-order valence-electron chi connectivity index (χ2n) is 5.24. The lowest BCUT2D eigenvalue weighted by Crippen LogP contribution is -2.15. The lowest BCUT2D eigenvalue weighted by molar-refractivity contribution is 0.596. The van der Waals surface area contributed by atoms with Crippen molar-refractivity contribution in [1.82, 2.24) is 0 Å². The SMILES string of the molecule is CCCCCCc1ccc2c(Cl)cccc2c1S(N)(=O)=O. The fourth-order valence-corrected chi connectivity index (χ4v) is 3.87. The monoisotopic (exact) mass is 325 g/mol. The summed E-state index contributed by atoms with van der Waals surface area (Å²) in [5, 5.41) is 7.30. The topological polar surface area (TPSA) is 60.2 Å². The molecule has 21 heavy (non-hydrogen) atoms. The number of benzene rings is 2. The van der Waals surface area contributed by atoms with Crippen LogP contribution < -0.4 is 5.14 Å². The summed E-state index contributed by atoms with van der Waals surface area (Å²) in [6.45, 7) is 2.15. The summed E-state index contributed by atoms with van der Waals surface area (Å²) >= 11 is 6.14. The van der Waals surface area contributed by atoms with Crippen LogP contribution in [-0.4, -0.2) is 8.42 Å². The molecule has 5 heteroatoms. The average molecular weight is 326 g/mol. The largest absolute Gasteiger partial charge is 0.238 e. The molecule has 0 fully saturated rings. The number of primary sulfonamides is 1. The fraction of sp³-hybridized carbons (Fsp3) is 0.375. The molecule has 0 aliphatic heterocycles. The minimum atomic E-state index is -3.78. The van der Waals surface area contributed by atoms with Crippen LogP contribution in [0.4, 0.5) is 0 Å². The summed E-state index contributed by atoms with van der Waals surface area (Å²) < 4.78 is 24.0. The van der Waals surface area contributed by atoms with Gasteiger partial charge in [0.25, 0.3) is 0 Å². The van der Waals surface area contributed by atoms with Crippen LogP contribution in [0.15, 0.2) is 35.2 Å². The maximum Gasteiger partial charge on any atom is 0.238 e. The third kappa shape index (κ3) is 3.76. The van der Waals surface area contributed by atoms with E-state index in [1.165, 1.54) is 0 Å². The molecule has 0 atom stereocenters. The number of aryl methyl sites for hydroxylation is 1. The summed E-state index contributed by atoms with van der Waals surface area (Å²) in [5.74, 6) is 0. The normalized spacial score (nSPS) is 12.0. The Hall–Kier alpha value is -1.10. The van der Waals surface area contributed by atoms with Gasteiger partial charge < -0.3 is 0 Å². The van der Waals surface area contributed by atoms with Gasteiger partial charge in [0, 0.05) is 15.8 Å². The van der Waals surface area contributed by atoms with Crippen LogP contribution in [0.2, 0.25) is 5.02 Å². The summed E-state index contributed by atoms with van der Waals surface area (Å²) in [6, 6.07) is 8.97. The van der Waals surface area contributed by atoms with Crippen molar-refractivity contribution in [3.63, 3.8) is 0 Å². The quantitative estimate of drug-likeness (QED) is 0.806. The van der Waals surface area contributed by atoms with E-state index in [4.69, 9.17) is 16.7 Å². The molecular formula is C16H20ClNO2S. The Kier molecular flexibility index (Phi) is 5.25. The highest BCUT2D eigenvalue weighted by Crippen LogP contribution is 2.31. The van der Waals surface area contributed by atoms with Gasteiger partial charge in [-0.25, -0.2) is 13.6 Å². The number of unbranched alkanes of at least 4 members (excludes halogenated alkanes) is 3. The molecule has 0 saturated carbocycles. The lowest BCUT2D eigenvalue weighted by atomic mass is 10.0. The molecule has 3 nitrogen and oxygen atoms in total. The highest BCUT2D eigenvalue weighted by atomic mass is 35.5. The average Bonchev–Trinajstić information content (AvgIpc) is 2.42. The van der Waals surface area contributed by atoms with Crippen LogP contribution >= 0.6 is 11.6 Å². The summed E-state index contributed by atoms with van der Waals surface area (Å²) in [7, 11) is -3.78. The highest BCUT2D eigenvalue weighted by Gasteiger charge is 2.18. The van der Waals surface area contributed by atoms with Crippen molar-refractivity contribution in [2.75, 3.05) is 0 Å². The Morgan fingerprint density at radius 1 is 1.05 bits per heavy atom. The number of hydrogen-bond donors (Lipinski definition) is 1. The van der Waals surface area contributed by atoms with Crippen molar-refractivity contribution in [3.05, 3.63) is 40.9 Å². The van der Waals surface area contributed by atoms with Crippen molar-refractivity contribution in [1.29, 1.82) is 0 Å². The molecule has 2 N–H and O–H groups in total. The second-order valence-corrected chi connectivity index (χ2v) is 7.15. The van der Waals surface area contributed by atoms with Crippen LogP contribution in [0.5, 0.6) is 0 Å². The molecule has 2 aromatic carbocycles. The predicted octanol–water partition coefficient (Wildman–Crippen LogP) is 4.26. The van der Waals surface area contributed by atoms with Gasteiger partial charge in [0.15, 0.2) is 0 Å². The van der Waals surface area contributed by atoms with Gasteiger partial charge in [0.05, 0.1) is 4.90 Å². The molecular weight excluding hydrogens is 306 g/mol. The molecule has 2 rings (SSSR count). The number of rotatable bonds is 6. The van der Waals surface area contributed by atoms with Crippen LogP contribution in [-0.2, 0) is 16.4 Å². The van der Waals surface area contributed by atoms with E-state index in [0.717, 1.165) is 36.6 Å². The minimum Gasteiger partial charge on any atom is -0.225 e. The van der Waals surface area contributed by atoms with E-state index in [9.17, 15) is 8.42 Å². The Morgan fingerprint density at radius 2 is 1.81 bits per heavy atom. The van der Waals surface area contributed by atoms with Crippen LogP contribution in [0.25, 0.3) is 10.8 Å². The van der Waals surface area contributed by atoms with E-state index in [2.05, 4.69) is 6.92 Å². The van der Waals surface area contributed by atoms with Crippen LogP contribution in [0.1, 0.15) is 38.2 Å². The molecule has 2 aromatic rings. The van der Waals surface area contributed by atoms with Crippen LogP contribution in [0.3, 0.4) is 0 Å². The number of nitrogens with two attached hydrogens (primary N) is 1. The molecule has 0 amide bonds. The van der Waals surface area contributed by atoms with Crippen molar-refractivity contribution in [2.24, 2.45) is 5.14 Å². The summed E-state index contributed by atoms with van der Waals surface area (Å²) in [5.41, 5.74) is 0.781. The first kappa shape index (κ1) is 16.3. The maximum atomic E-state index is 12.0. The Balaban J connectivity index is 2.51. The molecule has 0 bridgehead atoms.